The van der Waals surface area contributed by atoms with Crippen molar-refractivity contribution in [2.24, 2.45) is 0 Å². The average Bonchev–Trinajstić information content (AvgIpc) is 2.76. The maximum atomic E-state index is 3.52. The molecular weight excluding hydrogens is 309 g/mol. The molecule has 2 rings (SSSR count). The van der Waals surface area contributed by atoms with E-state index in [1.807, 2.05) is 0 Å². The van der Waals surface area contributed by atoms with Gasteiger partial charge in [0, 0.05) is 6.54 Å². The summed E-state index contributed by atoms with van der Waals surface area (Å²) in [5.74, 6) is 0. The molecule has 0 bridgehead atoms. The highest BCUT2D eigenvalue weighted by Gasteiger charge is 2.10. The van der Waals surface area contributed by atoms with Gasteiger partial charge in [-0.2, -0.15) is 0 Å². The zero-order valence-electron chi connectivity index (χ0n) is 9.77. The summed E-state index contributed by atoms with van der Waals surface area (Å²) in [6, 6.07) is 7.01. The fourth-order valence-electron chi connectivity index (χ4n) is 2.31. The van der Waals surface area contributed by atoms with Gasteiger partial charge >= 0.3 is 0 Å². The van der Waals surface area contributed by atoms with Crippen LogP contribution in [0.1, 0.15) is 36.0 Å². The van der Waals surface area contributed by atoms with Crippen molar-refractivity contribution < 1.29 is 0 Å². The van der Waals surface area contributed by atoms with Gasteiger partial charge < -0.3 is 5.32 Å². The van der Waals surface area contributed by atoms with Crippen LogP contribution in [0.5, 0.6) is 0 Å². The molecule has 0 saturated heterocycles. The first-order chi connectivity index (χ1) is 7.90. The Hall–Kier alpha value is -0.0900. The number of unbranched alkanes of at least 4 members (excludes halogenated alkanes) is 1. The molecule has 2 heteroatoms. The van der Waals surface area contributed by atoms with Crippen molar-refractivity contribution in [2.75, 3.05) is 11.0 Å². The molecule has 1 N–H and O–H groups in total. The van der Waals surface area contributed by atoms with E-state index in [4.69, 9.17) is 0 Å². The molecule has 16 heavy (non-hydrogen) atoms. The van der Waals surface area contributed by atoms with Gasteiger partial charge in [0.15, 0.2) is 0 Å². The van der Waals surface area contributed by atoms with Crippen LogP contribution in [0, 0.1) is 0 Å². The monoisotopic (exact) mass is 329 g/mol. The lowest BCUT2D eigenvalue weighted by Gasteiger charge is -2.06. The van der Waals surface area contributed by atoms with E-state index < -0.39 is 0 Å². The summed E-state index contributed by atoms with van der Waals surface area (Å²) < 4.78 is 1.28. The standard InChI is InChI=1S/C14H20IN/c15-8-1-2-9-16-11-12-6-7-13-4-3-5-14(13)10-12/h6-7,10,16H,1-5,8-9,11H2. The smallest absolute Gasteiger partial charge is 0.0205 e. The van der Waals surface area contributed by atoms with Crippen molar-refractivity contribution in [3.63, 3.8) is 0 Å². The quantitative estimate of drug-likeness (QED) is 0.479. The summed E-state index contributed by atoms with van der Waals surface area (Å²) in [6.45, 7) is 2.19. The van der Waals surface area contributed by atoms with Crippen LogP contribution < -0.4 is 5.32 Å². The summed E-state index contributed by atoms with van der Waals surface area (Å²) in [5.41, 5.74) is 4.62. The van der Waals surface area contributed by atoms with Crippen molar-refractivity contribution in [1.82, 2.24) is 5.32 Å². The first-order valence-electron chi connectivity index (χ1n) is 6.27. The number of halogens is 1. The van der Waals surface area contributed by atoms with Crippen molar-refractivity contribution in [3.05, 3.63) is 34.9 Å². The van der Waals surface area contributed by atoms with Crippen molar-refractivity contribution >= 4 is 22.6 Å². The molecule has 1 nitrogen and oxygen atoms in total. The SMILES string of the molecule is ICCCCNCc1ccc2c(c1)CCC2. The second-order valence-electron chi connectivity index (χ2n) is 4.53. The summed E-state index contributed by atoms with van der Waals surface area (Å²) >= 11 is 2.44. The van der Waals surface area contributed by atoms with E-state index in [1.54, 1.807) is 11.1 Å². The molecule has 88 valence electrons. The first-order valence-corrected chi connectivity index (χ1v) is 7.80. The third kappa shape index (κ3) is 3.45. The van der Waals surface area contributed by atoms with Gasteiger partial charge in [0.05, 0.1) is 0 Å². The van der Waals surface area contributed by atoms with Gasteiger partial charge in [0.1, 0.15) is 0 Å². The predicted molar refractivity (Wildman–Crippen MR) is 78.3 cm³/mol. The Bertz CT molecular complexity index is 336. The van der Waals surface area contributed by atoms with E-state index in [2.05, 4.69) is 46.1 Å². The van der Waals surface area contributed by atoms with Crippen molar-refractivity contribution in [3.8, 4) is 0 Å². The largest absolute Gasteiger partial charge is 0.313 e. The lowest BCUT2D eigenvalue weighted by molar-refractivity contribution is 0.645. The predicted octanol–water partition coefficient (Wildman–Crippen LogP) is 3.48. The number of benzene rings is 1. The Morgan fingerprint density at radius 3 is 2.88 bits per heavy atom. The van der Waals surface area contributed by atoms with Gasteiger partial charge in [-0.05, 0) is 59.8 Å². The highest BCUT2D eigenvalue weighted by molar-refractivity contribution is 14.1. The normalized spacial score (nSPS) is 14.1. The third-order valence-electron chi connectivity index (χ3n) is 3.23. The van der Waals surface area contributed by atoms with E-state index in [0.717, 1.165) is 13.1 Å². The minimum absolute atomic E-state index is 1.04. The van der Waals surface area contributed by atoms with Crippen LogP contribution in [0.3, 0.4) is 0 Å². The maximum absolute atomic E-state index is 3.52. The minimum Gasteiger partial charge on any atom is -0.313 e. The van der Waals surface area contributed by atoms with Crippen molar-refractivity contribution in [2.45, 2.75) is 38.6 Å². The van der Waals surface area contributed by atoms with Crippen LogP contribution in [-0.4, -0.2) is 11.0 Å². The number of hydrogen-bond donors (Lipinski definition) is 1. The molecular formula is C14H20IN. The second kappa shape index (κ2) is 6.60. The van der Waals surface area contributed by atoms with E-state index in [0.29, 0.717) is 0 Å². The van der Waals surface area contributed by atoms with Crippen LogP contribution in [0.4, 0.5) is 0 Å². The number of nitrogens with one attached hydrogen (secondary N) is 1. The molecule has 0 atom stereocenters. The Morgan fingerprint density at radius 1 is 1.12 bits per heavy atom. The number of alkyl halides is 1. The van der Waals surface area contributed by atoms with Crippen LogP contribution in [0.2, 0.25) is 0 Å². The lowest BCUT2D eigenvalue weighted by atomic mass is 10.1. The zero-order valence-corrected chi connectivity index (χ0v) is 11.9. The Morgan fingerprint density at radius 2 is 2.00 bits per heavy atom. The number of aryl methyl sites for hydroxylation is 2. The van der Waals surface area contributed by atoms with Gasteiger partial charge in [0.2, 0.25) is 0 Å². The Kier molecular flexibility index (Phi) is 5.10. The van der Waals surface area contributed by atoms with Gasteiger partial charge in [0.25, 0.3) is 0 Å². The first kappa shape index (κ1) is 12.4. The molecule has 0 amide bonds. The van der Waals surface area contributed by atoms with Gasteiger partial charge in [-0.1, -0.05) is 40.8 Å². The van der Waals surface area contributed by atoms with Gasteiger partial charge in [-0.15, -0.1) is 0 Å². The molecule has 0 heterocycles. The van der Waals surface area contributed by atoms with Crippen LogP contribution in [-0.2, 0) is 19.4 Å². The Balaban J connectivity index is 1.77. The Labute approximate surface area is 112 Å². The van der Waals surface area contributed by atoms with E-state index in [-0.39, 0.29) is 0 Å². The molecule has 0 spiro atoms. The van der Waals surface area contributed by atoms with E-state index in [1.165, 1.54) is 42.1 Å². The summed E-state index contributed by atoms with van der Waals surface area (Å²) in [6.07, 6.45) is 6.56. The number of hydrogen-bond acceptors (Lipinski definition) is 1. The van der Waals surface area contributed by atoms with E-state index >= 15 is 0 Å². The molecule has 0 fully saturated rings. The molecule has 0 radical (unpaired) electrons. The summed E-state index contributed by atoms with van der Waals surface area (Å²) in [4.78, 5) is 0. The molecule has 1 aliphatic carbocycles. The molecule has 1 aromatic carbocycles. The zero-order chi connectivity index (χ0) is 11.2. The van der Waals surface area contributed by atoms with Crippen molar-refractivity contribution in [1.29, 1.82) is 0 Å². The highest BCUT2D eigenvalue weighted by atomic mass is 127. The second-order valence-corrected chi connectivity index (χ2v) is 5.61. The number of fused-ring (bicyclic) bond motifs is 1. The molecule has 0 aromatic heterocycles. The average molecular weight is 329 g/mol. The van der Waals surface area contributed by atoms with Gasteiger partial charge in [-0.3, -0.25) is 0 Å². The van der Waals surface area contributed by atoms with Crippen LogP contribution in [0.15, 0.2) is 18.2 Å². The summed E-state index contributed by atoms with van der Waals surface area (Å²) in [5, 5.41) is 3.52. The van der Waals surface area contributed by atoms with Crippen LogP contribution in [0.25, 0.3) is 0 Å². The topological polar surface area (TPSA) is 12.0 Å². The van der Waals surface area contributed by atoms with Gasteiger partial charge in [-0.25, -0.2) is 0 Å². The molecule has 0 unspecified atom stereocenters. The fraction of sp³-hybridized carbons (Fsp3) is 0.571. The lowest BCUT2D eigenvalue weighted by Crippen LogP contribution is -2.14. The third-order valence-corrected chi connectivity index (χ3v) is 3.99. The molecule has 0 saturated carbocycles. The number of rotatable bonds is 6. The molecule has 0 aliphatic heterocycles. The maximum Gasteiger partial charge on any atom is 0.0205 e. The van der Waals surface area contributed by atoms with Crippen LogP contribution >= 0.6 is 22.6 Å². The highest BCUT2D eigenvalue weighted by Crippen LogP contribution is 2.22. The molecule has 1 aliphatic rings. The minimum atomic E-state index is 1.04. The summed E-state index contributed by atoms with van der Waals surface area (Å²) in [7, 11) is 0. The van der Waals surface area contributed by atoms with E-state index in [9.17, 15) is 0 Å². The fourth-order valence-corrected chi connectivity index (χ4v) is 2.85. The molecule has 1 aromatic rings.